The van der Waals surface area contributed by atoms with E-state index >= 15 is 0 Å². The lowest BCUT2D eigenvalue weighted by Gasteiger charge is -2.36. The summed E-state index contributed by atoms with van der Waals surface area (Å²) >= 11 is 1.50. The van der Waals surface area contributed by atoms with Gasteiger partial charge in [-0.05, 0) is 35.9 Å². The Balaban J connectivity index is 1.19. The first kappa shape index (κ1) is 23.1. The van der Waals surface area contributed by atoms with E-state index in [9.17, 15) is 9.59 Å². The van der Waals surface area contributed by atoms with E-state index in [4.69, 9.17) is 9.47 Å². The van der Waals surface area contributed by atoms with Crippen molar-refractivity contribution < 1.29 is 19.1 Å². The number of nitrogens with zero attached hydrogens (tertiary/aromatic N) is 2. The maximum atomic E-state index is 12.7. The number of aromatic nitrogens is 1. The topological polar surface area (TPSA) is 105 Å². The van der Waals surface area contributed by atoms with E-state index in [1.54, 1.807) is 18.2 Å². The number of anilines is 2. The molecule has 10 heteroatoms. The van der Waals surface area contributed by atoms with Crippen LogP contribution in [0.2, 0.25) is 0 Å². The quantitative estimate of drug-likeness (QED) is 0.450. The average molecular weight is 506 g/mol. The van der Waals surface area contributed by atoms with Crippen LogP contribution in [0.3, 0.4) is 0 Å². The average Bonchev–Trinajstić information content (AvgIpc) is 3.24. The number of nitrogens with one attached hydrogen (secondary N) is 3. The number of carbonyl (C=O) groups is 2. The van der Waals surface area contributed by atoms with Gasteiger partial charge >= 0.3 is 6.09 Å². The normalized spacial score (nSPS) is 20.5. The van der Waals surface area contributed by atoms with Crippen molar-refractivity contribution in [2.75, 3.05) is 49.3 Å². The molecule has 0 radical (unpaired) electrons. The minimum absolute atomic E-state index is 0.0338. The summed E-state index contributed by atoms with van der Waals surface area (Å²) in [6.07, 6.45) is 1.06. The Hall–Kier alpha value is -3.34. The van der Waals surface area contributed by atoms with Gasteiger partial charge in [0, 0.05) is 47.6 Å². The number of hydrogen-bond donors (Lipinski definition) is 3. The Kier molecular flexibility index (Phi) is 6.16. The summed E-state index contributed by atoms with van der Waals surface area (Å²) in [7, 11) is 1.65. The Morgan fingerprint density at radius 2 is 2.14 bits per heavy atom. The van der Waals surface area contributed by atoms with Crippen molar-refractivity contribution in [3.8, 4) is 5.75 Å². The summed E-state index contributed by atoms with van der Waals surface area (Å²) in [6.45, 7) is 2.79. The van der Waals surface area contributed by atoms with Crippen LogP contribution in [0, 0.1) is 5.92 Å². The van der Waals surface area contributed by atoms with Gasteiger partial charge in [-0.15, -0.1) is 11.8 Å². The number of methoxy groups -OCH3 is 1. The highest BCUT2D eigenvalue weighted by Crippen LogP contribution is 2.36. The number of pyridine rings is 1. The van der Waals surface area contributed by atoms with Crippen LogP contribution in [0.1, 0.15) is 11.6 Å². The molecule has 9 nitrogen and oxygen atoms in total. The lowest BCUT2D eigenvalue weighted by Crippen LogP contribution is -2.50. The number of cyclic esters (lactones) is 1. The predicted molar refractivity (Wildman–Crippen MR) is 139 cm³/mol. The van der Waals surface area contributed by atoms with E-state index in [1.807, 2.05) is 36.4 Å². The van der Waals surface area contributed by atoms with Gasteiger partial charge in [-0.1, -0.05) is 12.1 Å². The molecule has 2 fully saturated rings. The summed E-state index contributed by atoms with van der Waals surface area (Å²) in [5.74, 6) is 1.51. The van der Waals surface area contributed by atoms with Gasteiger partial charge in [-0.3, -0.25) is 14.7 Å². The maximum Gasteiger partial charge on any atom is 0.414 e. The van der Waals surface area contributed by atoms with Crippen LogP contribution in [0.15, 0.2) is 53.6 Å². The van der Waals surface area contributed by atoms with Crippen LogP contribution in [0.4, 0.5) is 16.2 Å². The molecule has 2 unspecified atom stereocenters. The van der Waals surface area contributed by atoms with Gasteiger partial charge in [0.2, 0.25) is 5.91 Å². The van der Waals surface area contributed by atoms with Gasteiger partial charge in [0.25, 0.3) is 0 Å². The zero-order chi connectivity index (χ0) is 24.6. The van der Waals surface area contributed by atoms with Gasteiger partial charge in [-0.2, -0.15) is 0 Å². The highest BCUT2D eigenvalue weighted by molar-refractivity contribution is 8.00. The van der Waals surface area contributed by atoms with E-state index in [0.29, 0.717) is 24.8 Å². The van der Waals surface area contributed by atoms with Crippen molar-refractivity contribution in [1.82, 2.24) is 15.6 Å². The Morgan fingerprint density at radius 1 is 1.25 bits per heavy atom. The Labute approximate surface area is 212 Å². The van der Waals surface area contributed by atoms with E-state index in [0.717, 1.165) is 51.6 Å². The highest BCUT2D eigenvalue weighted by Gasteiger charge is 2.35. The predicted octanol–water partition coefficient (Wildman–Crippen LogP) is 3.16. The van der Waals surface area contributed by atoms with Crippen LogP contribution < -0.4 is 25.6 Å². The maximum absolute atomic E-state index is 12.7. The molecule has 2 aromatic carbocycles. The van der Waals surface area contributed by atoms with Crippen molar-refractivity contribution >= 4 is 46.0 Å². The molecule has 0 bridgehead atoms. The number of hydrogen-bond acceptors (Lipinski definition) is 8. The number of fused-ring (bicyclic) bond motifs is 2. The first-order valence-electron chi connectivity index (χ1n) is 12.0. The lowest BCUT2D eigenvalue weighted by molar-refractivity contribution is -0.113. The van der Waals surface area contributed by atoms with Gasteiger partial charge in [-0.25, -0.2) is 4.79 Å². The molecule has 3 N–H and O–H groups in total. The third-order valence-electron chi connectivity index (χ3n) is 6.94. The van der Waals surface area contributed by atoms with Crippen molar-refractivity contribution in [2.24, 2.45) is 5.92 Å². The fraction of sp³-hybridized carbons (Fsp3) is 0.346. The molecule has 3 aliphatic heterocycles. The molecule has 0 saturated carbocycles. The standard InChI is InChI=1S/C26H27N5O4S/c1-34-17-8-20-19(3-2-4-21(20)28-11-17)25(15-9-27-10-15)29-12-18-13-31(26(33)35-18)16-5-6-23-22(7-16)30-24(32)14-36-23/h2-8,11,15,18,25,27,29H,9-10,12-14H2,1H3,(H,30,32). The SMILES string of the molecule is COc1cnc2cccc(C(NCC3CN(c4ccc5c(c4)NC(=O)CS5)C(=O)O3)C3CNC3)c2c1. The number of thioether (sulfide) groups is 1. The fourth-order valence-electron chi connectivity index (χ4n) is 4.95. The number of benzene rings is 2. The molecule has 6 rings (SSSR count). The van der Waals surface area contributed by atoms with E-state index in [1.165, 1.54) is 11.8 Å². The Bertz CT molecular complexity index is 1330. The second kappa shape index (κ2) is 9.61. The summed E-state index contributed by atoms with van der Waals surface area (Å²) in [5.41, 5.74) is 3.54. The molecule has 2 amide bonds. The summed E-state index contributed by atoms with van der Waals surface area (Å²) in [6, 6.07) is 14.0. The second-order valence-corrected chi connectivity index (χ2v) is 10.2. The molecular weight excluding hydrogens is 478 g/mol. The molecule has 186 valence electrons. The van der Waals surface area contributed by atoms with Gasteiger partial charge in [0.05, 0.1) is 36.8 Å². The molecule has 1 aromatic heterocycles. The number of rotatable bonds is 7. The minimum atomic E-state index is -0.377. The monoisotopic (exact) mass is 505 g/mol. The van der Waals surface area contributed by atoms with Crippen molar-refractivity contribution in [2.45, 2.75) is 17.0 Å². The minimum Gasteiger partial charge on any atom is -0.495 e. The highest BCUT2D eigenvalue weighted by atomic mass is 32.2. The smallest absolute Gasteiger partial charge is 0.414 e. The molecule has 0 aliphatic carbocycles. The van der Waals surface area contributed by atoms with E-state index in [2.05, 4.69) is 27.0 Å². The Morgan fingerprint density at radius 3 is 2.94 bits per heavy atom. The zero-order valence-electron chi connectivity index (χ0n) is 19.8. The van der Waals surface area contributed by atoms with Crippen LogP contribution >= 0.6 is 11.8 Å². The fourth-order valence-corrected chi connectivity index (χ4v) is 5.74. The molecular formula is C26H27N5O4S. The second-order valence-electron chi connectivity index (χ2n) is 9.23. The van der Waals surface area contributed by atoms with Gasteiger partial charge in [0.1, 0.15) is 11.9 Å². The van der Waals surface area contributed by atoms with Gasteiger partial charge < -0.3 is 25.4 Å². The van der Waals surface area contributed by atoms with Gasteiger partial charge in [0.15, 0.2) is 0 Å². The van der Waals surface area contributed by atoms with Crippen LogP contribution in [0.5, 0.6) is 5.75 Å². The molecule has 3 aliphatic rings. The largest absolute Gasteiger partial charge is 0.495 e. The molecule has 4 heterocycles. The van der Waals surface area contributed by atoms with Crippen LogP contribution in [-0.2, 0) is 9.53 Å². The third-order valence-corrected chi connectivity index (χ3v) is 8.01. The number of amides is 2. The number of carbonyl (C=O) groups excluding carboxylic acids is 2. The zero-order valence-corrected chi connectivity index (χ0v) is 20.6. The molecule has 36 heavy (non-hydrogen) atoms. The summed E-state index contributed by atoms with van der Waals surface area (Å²) in [5, 5.41) is 11.0. The molecule has 0 spiro atoms. The molecule has 3 aromatic rings. The summed E-state index contributed by atoms with van der Waals surface area (Å²) in [4.78, 5) is 31.7. The van der Waals surface area contributed by atoms with E-state index in [-0.39, 0.29) is 24.1 Å². The first-order valence-corrected chi connectivity index (χ1v) is 13.0. The lowest BCUT2D eigenvalue weighted by atomic mass is 9.86. The number of ether oxygens (including phenoxy) is 2. The molecule has 2 atom stereocenters. The summed E-state index contributed by atoms with van der Waals surface area (Å²) < 4.78 is 11.1. The van der Waals surface area contributed by atoms with Crippen LogP contribution in [-0.4, -0.2) is 62.1 Å². The third kappa shape index (κ3) is 4.36. The van der Waals surface area contributed by atoms with Crippen molar-refractivity contribution in [3.05, 3.63) is 54.2 Å². The van der Waals surface area contributed by atoms with Crippen molar-refractivity contribution in [3.63, 3.8) is 0 Å². The first-order chi connectivity index (χ1) is 17.6. The molecule has 2 saturated heterocycles. The van der Waals surface area contributed by atoms with E-state index < -0.39 is 0 Å². The van der Waals surface area contributed by atoms with Crippen LogP contribution in [0.25, 0.3) is 10.9 Å². The van der Waals surface area contributed by atoms with Crippen molar-refractivity contribution in [1.29, 1.82) is 0 Å².